The highest BCUT2D eigenvalue weighted by molar-refractivity contribution is 5.93. The van der Waals surface area contributed by atoms with Gasteiger partial charge in [0.25, 0.3) is 0 Å². The number of methoxy groups -OCH3 is 1. The number of terminal acetylenes is 1. The Kier molecular flexibility index (Phi) is 11.8. The highest BCUT2D eigenvalue weighted by Gasteiger charge is 2.36. The van der Waals surface area contributed by atoms with Gasteiger partial charge in [0.05, 0.1) is 13.7 Å². The first-order valence-corrected chi connectivity index (χ1v) is 11.3. The van der Waals surface area contributed by atoms with Crippen molar-refractivity contribution in [3.63, 3.8) is 0 Å². The number of benzene rings is 1. The number of unbranched alkanes of at least 4 members (excludes halogenated alkanes) is 1. The Labute approximate surface area is 206 Å². The average Bonchev–Trinajstić information content (AvgIpc) is 2.81. The lowest BCUT2D eigenvalue weighted by atomic mass is 10.0. The predicted molar refractivity (Wildman–Crippen MR) is 129 cm³/mol. The third-order valence-corrected chi connectivity index (χ3v) is 4.80. The molecule has 3 N–H and O–H groups in total. The van der Waals surface area contributed by atoms with Gasteiger partial charge in [-0.15, -0.1) is 6.42 Å². The largest absolute Gasteiger partial charge is 0.468 e. The molecule has 0 aliphatic rings. The first-order valence-electron chi connectivity index (χ1n) is 11.3. The van der Waals surface area contributed by atoms with Gasteiger partial charge in [0.2, 0.25) is 11.8 Å². The van der Waals surface area contributed by atoms with Crippen molar-refractivity contribution in [3.05, 3.63) is 35.4 Å². The number of amides is 3. The van der Waals surface area contributed by atoms with Gasteiger partial charge in [0.15, 0.2) is 0 Å². The van der Waals surface area contributed by atoms with E-state index in [0.717, 1.165) is 0 Å². The minimum absolute atomic E-state index is 0.148. The van der Waals surface area contributed by atoms with Crippen molar-refractivity contribution in [1.82, 2.24) is 15.5 Å². The van der Waals surface area contributed by atoms with Crippen LogP contribution < -0.4 is 10.6 Å². The van der Waals surface area contributed by atoms with Crippen molar-refractivity contribution in [2.24, 2.45) is 0 Å². The SMILES string of the molecule is C#Cc1ccc(C(C(=O)NCC(=O)OC)N(CCCC)C(=O)C(CO)NC(=O)OC(C)(C)C)cc1. The third-order valence-electron chi connectivity index (χ3n) is 4.80. The number of carbonyl (C=O) groups excluding carboxylic acids is 4. The van der Waals surface area contributed by atoms with E-state index in [9.17, 15) is 24.3 Å². The van der Waals surface area contributed by atoms with Gasteiger partial charge in [-0.25, -0.2) is 4.79 Å². The van der Waals surface area contributed by atoms with Crippen molar-refractivity contribution in [2.75, 3.05) is 26.8 Å². The molecule has 2 atom stereocenters. The molecule has 0 aliphatic carbocycles. The van der Waals surface area contributed by atoms with Crippen molar-refractivity contribution >= 4 is 23.9 Å². The molecule has 0 aliphatic heterocycles. The molecule has 0 heterocycles. The predicted octanol–water partition coefficient (Wildman–Crippen LogP) is 1.51. The molecule has 1 aromatic carbocycles. The zero-order valence-electron chi connectivity index (χ0n) is 20.9. The zero-order valence-corrected chi connectivity index (χ0v) is 20.9. The van der Waals surface area contributed by atoms with Crippen LogP contribution >= 0.6 is 0 Å². The van der Waals surface area contributed by atoms with E-state index in [1.807, 2.05) is 6.92 Å². The van der Waals surface area contributed by atoms with Crippen molar-refractivity contribution < 1.29 is 33.8 Å². The summed E-state index contributed by atoms with van der Waals surface area (Å²) in [4.78, 5) is 51.8. The summed E-state index contributed by atoms with van der Waals surface area (Å²) in [5, 5.41) is 14.7. The summed E-state index contributed by atoms with van der Waals surface area (Å²) in [5.74, 6) is 0.500. The van der Waals surface area contributed by atoms with Gasteiger partial charge in [-0.2, -0.15) is 0 Å². The minimum atomic E-state index is -1.36. The van der Waals surface area contributed by atoms with Gasteiger partial charge >= 0.3 is 12.1 Å². The fourth-order valence-corrected chi connectivity index (χ4v) is 3.09. The highest BCUT2D eigenvalue weighted by Crippen LogP contribution is 2.24. The fraction of sp³-hybridized carbons (Fsp3) is 0.520. The summed E-state index contributed by atoms with van der Waals surface area (Å²) in [6, 6.07) is 3.95. The van der Waals surface area contributed by atoms with Crippen LogP contribution in [0.15, 0.2) is 24.3 Å². The lowest BCUT2D eigenvalue weighted by Crippen LogP contribution is -2.54. The van der Waals surface area contributed by atoms with E-state index < -0.39 is 54.7 Å². The van der Waals surface area contributed by atoms with Crippen LogP contribution in [0.25, 0.3) is 0 Å². The topological polar surface area (TPSA) is 134 Å². The van der Waals surface area contributed by atoms with Crippen LogP contribution in [-0.4, -0.2) is 72.3 Å². The molecule has 10 heteroatoms. The quantitative estimate of drug-likeness (QED) is 0.317. The standard InChI is InChI=1S/C25H35N3O7/c1-7-9-14-28(23(32)19(16-29)27-24(33)35-25(3,4)5)21(22(31)26-15-20(30)34-6)18-12-10-17(8-2)11-13-18/h2,10-13,19,21,29H,7,9,14-16H2,1,3-6H3,(H,26,31)(H,27,33). The van der Waals surface area contributed by atoms with Crippen LogP contribution in [-0.2, 0) is 23.9 Å². The molecule has 3 amide bonds. The molecule has 0 bridgehead atoms. The number of ether oxygens (including phenoxy) is 2. The van der Waals surface area contributed by atoms with Gasteiger partial charge in [-0.3, -0.25) is 14.4 Å². The molecule has 0 saturated carbocycles. The zero-order chi connectivity index (χ0) is 26.6. The maximum Gasteiger partial charge on any atom is 0.408 e. The van der Waals surface area contributed by atoms with Crippen LogP contribution in [0.2, 0.25) is 0 Å². The second-order valence-corrected chi connectivity index (χ2v) is 8.73. The molecule has 192 valence electrons. The van der Waals surface area contributed by atoms with E-state index in [-0.39, 0.29) is 6.54 Å². The summed E-state index contributed by atoms with van der Waals surface area (Å²) in [6.45, 7) is 5.94. The second-order valence-electron chi connectivity index (χ2n) is 8.73. The minimum Gasteiger partial charge on any atom is -0.468 e. The van der Waals surface area contributed by atoms with E-state index in [1.165, 1.54) is 12.0 Å². The molecule has 0 fully saturated rings. The van der Waals surface area contributed by atoms with E-state index >= 15 is 0 Å². The molecule has 2 unspecified atom stereocenters. The maximum atomic E-state index is 13.5. The summed E-state index contributed by atoms with van der Waals surface area (Å²) in [7, 11) is 1.19. The van der Waals surface area contributed by atoms with Crippen LogP contribution in [0, 0.1) is 12.3 Å². The van der Waals surface area contributed by atoms with E-state index in [0.29, 0.717) is 24.0 Å². The van der Waals surface area contributed by atoms with Crippen LogP contribution in [0.3, 0.4) is 0 Å². The number of esters is 1. The number of nitrogens with one attached hydrogen (secondary N) is 2. The number of hydrogen-bond acceptors (Lipinski definition) is 7. The molecular weight excluding hydrogens is 454 g/mol. The number of alkyl carbamates (subject to hydrolysis) is 1. The average molecular weight is 490 g/mol. The third kappa shape index (κ3) is 9.66. The van der Waals surface area contributed by atoms with Crippen molar-refractivity contribution in [2.45, 2.75) is 58.2 Å². The molecule has 35 heavy (non-hydrogen) atoms. The van der Waals surface area contributed by atoms with Gasteiger partial charge in [-0.1, -0.05) is 31.4 Å². The van der Waals surface area contributed by atoms with Crippen LogP contribution in [0.4, 0.5) is 4.79 Å². The normalized spacial score (nSPS) is 12.5. The molecule has 1 rings (SSSR count). The molecule has 0 radical (unpaired) electrons. The van der Waals surface area contributed by atoms with E-state index in [2.05, 4.69) is 21.3 Å². The van der Waals surface area contributed by atoms with Gasteiger partial charge in [0, 0.05) is 12.1 Å². The smallest absolute Gasteiger partial charge is 0.408 e. The first kappa shape index (κ1) is 29.5. The molecule has 10 nitrogen and oxygen atoms in total. The summed E-state index contributed by atoms with van der Waals surface area (Å²) in [5.41, 5.74) is 0.197. The number of aliphatic hydroxyl groups excluding tert-OH is 1. The monoisotopic (exact) mass is 489 g/mol. The van der Waals surface area contributed by atoms with Crippen molar-refractivity contribution in [3.8, 4) is 12.3 Å². The Morgan fingerprint density at radius 1 is 1.17 bits per heavy atom. The lowest BCUT2D eigenvalue weighted by Gasteiger charge is -2.34. The van der Waals surface area contributed by atoms with Gasteiger partial charge < -0.3 is 30.1 Å². The Morgan fingerprint density at radius 3 is 2.29 bits per heavy atom. The highest BCUT2D eigenvalue weighted by atomic mass is 16.6. The number of hydrogen-bond donors (Lipinski definition) is 3. The van der Waals surface area contributed by atoms with Gasteiger partial charge in [-0.05, 0) is 44.9 Å². The first-order chi connectivity index (χ1) is 16.5. The lowest BCUT2D eigenvalue weighted by molar-refractivity contribution is -0.145. The molecule has 1 aromatic rings. The molecule has 0 saturated heterocycles. The van der Waals surface area contributed by atoms with Gasteiger partial charge in [0.1, 0.15) is 24.2 Å². The second kappa shape index (κ2) is 14.0. The maximum absolute atomic E-state index is 13.5. The summed E-state index contributed by atoms with van der Waals surface area (Å²) < 4.78 is 9.77. The van der Waals surface area contributed by atoms with Crippen LogP contribution in [0.5, 0.6) is 0 Å². The van der Waals surface area contributed by atoms with E-state index in [4.69, 9.17) is 11.2 Å². The Balaban J connectivity index is 3.37. The number of rotatable bonds is 11. The molecular formula is C25H35N3O7. The van der Waals surface area contributed by atoms with Crippen LogP contribution in [0.1, 0.15) is 57.7 Å². The number of nitrogens with zero attached hydrogens (tertiary/aromatic N) is 1. The number of aliphatic hydroxyl groups is 1. The number of carbonyl (C=O) groups is 4. The Bertz CT molecular complexity index is 916. The Hall–Kier alpha value is -3.58. The van der Waals surface area contributed by atoms with Crippen molar-refractivity contribution in [1.29, 1.82) is 0 Å². The summed E-state index contributed by atoms with van der Waals surface area (Å²) >= 11 is 0. The molecule has 0 spiro atoms. The molecule has 0 aromatic heterocycles. The summed E-state index contributed by atoms with van der Waals surface area (Å²) in [6.07, 6.45) is 5.79. The fourth-order valence-electron chi connectivity index (χ4n) is 3.09. The van der Waals surface area contributed by atoms with E-state index in [1.54, 1.807) is 45.0 Å². The Morgan fingerprint density at radius 2 is 1.80 bits per heavy atom.